The van der Waals surface area contributed by atoms with Crippen LogP contribution in [0.4, 0.5) is 13.2 Å². The molecule has 1 aliphatic heterocycles. The zero-order valence-corrected chi connectivity index (χ0v) is 11.5. The maximum Gasteiger partial charge on any atom is 0.391 e. The summed E-state index contributed by atoms with van der Waals surface area (Å²) >= 11 is 0. The predicted octanol–water partition coefficient (Wildman–Crippen LogP) is 2.91. The molecule has 0 radical (unpaired) electrons. The van der Waals surface area contributed by atoms with Gasteiger partial charge in [-0.2, -0.15) is 13.2 Å². The maximum absolute atomic E-state index is 12.7. The first kappa shape index (κ1) is 14.5. The molecule has 0 amide bonds. The summed E-state index contributed by atoms with van der Waals surface area (Å²) in [7, 11) is 0. The van der Waals surface area contributed by atoms with Crippen molar-refractivity contribution in [1.29, 1.82) is 0 Å². The average Bonchev–Trinajstić information content (AvgIpc) is 2.65. The van der Waals surface area contributed by atoms with Crippen LogP contribution in [0.25, 0.3) is 0 Å². The van der Waals surface area contributed by atoms with Gasteiger partial charge in [-0.3, -0.25) is 4.99 Å². The van der Waals surface area contributed by atoms with Crippen LogP contribution in [0.2, 0.25) is 0 Å². The zero-order valence-electron chi connectivity index (χ0n) is 11.5. The zero-order chi connectivity index (χ0) is 14.3. The molecule has 0 aromatic rings. The van der Waals surface area contributed by atoms with E-state index in [2.05, 4.69) is 23.7 Å². The summed E-state index contributed by atoms with van der Waals surface area (Å²) in [6.45, 7) is 4.67. The Balaban J connectivity index is 2.10. The highest BCUT2D eigenvalue weighted by Crippen LogP contribution is 2.45. The van der Waals surface area contributed by atoms with Gasteiger partial charge in [-0.1, -0.05) is 6.92 Å². The van der Waals surface area contributed by atoms with Gasteiger partial charge in [0.1, 0.15) is 0 Å². The van der Waals surface area contributed by atoms with Gasteiger partial charge in [-0.05, 0) is 39.0 Å². The monoisotopic (exact) mass is 277 g/mol. The quantitative estimate of drug-likeness (QED) is 0.843. The smallest absolute Gasteiger partial charge is 0.370 e. The van der Waals surface area contributed by atoms with Crippen molar-refractivity contribution in [1.82, 2.24) is 4.90 Å². The van der Waals surface area contributed by atoms with Crippen molar-refractivity contribution in [3.05, 3.63) is 0 Å². The molecule has 1 fully saturated rings. The minimum absolute atomic E-state index is 0.194. The highest BCUT2D eigenvalue weighted by atomic mass is 19.4. The van der Waals surface area contributed by atoms with Crippen LogP contribution in [0.15, 0.2) is 4.99 Å². The average molecular weight is 277 g/mol. The third kappa shape index (κ3) is 2.54. The van der Waals surface area contributed by atoms with E-state index >= 15 is 0 Å². The van der Waals surface area contributed by atoms with Crippen molar-refractivity contribution in [2.75, 3.05) is 6.54 Å². The molecule has 0 saturated heterocycles. The van der Waals surface area contributed by atoms with Gasteiger partial charge in [0.15, 0.2) is 5.96 Å². The molecule has 0 aromatic carbocycles. The van der Waals surface area contributed by atoms with Gasteiger partial charge >= 0.3 is 6.18 Å². The van der Waals surface area contributed by atoms with E-state index in [1.54, 1.807) is 0 Å². The first-order valence-electron chi connectivity index (χ1n) is 6.96. The van der Waals surface area contributed by atoms with E-state index in [-0.39, 0.29) is 24.4 Å². The van der Waals surface area contributed by atoms with Gasteiger partial charge in [-0.15, -0.1) is 0 Å². The Morgan fingerprint density at radius 2 is 2.00 bits per heavy atom. The second kappa shape index (κ2) is 4.87. The Morgan fingerprint density at radius 3 is 2.47 bits per heavy atom. The first-order valence-corrected chi connectivity index (χ1v) is 6.96. The fourth-order valence-electron chi connectivity index (χ4n) is 3.38. The van der Waals surface area contributed by atoms with Crippen LogP contribution >= 0.6 is 0 Å². The van der Waals surface area contributed by atoms with Gasteiger partial charge in [0, 0.05) is 6.04 Å². The Kier molecular flexibility index (Phi) is 3.71. The molecular formula is C13H22F3N3. The largest absolute Gasteiger partial charge is 0.391 e. The molecule has 1 aliphatic carbocycles. The first-order chi connectivity index (χ1) is 8.80. The standard InChI is InChI=1S/C13H22F3N3/c1-3-9(2)19-11(17)18-8-12(19)6-4-10(5-7-12)13(14,15)16/h9-10H,3-8H2,1-2H3,(H2,17,18). The van der Waals surface area contributed by atoms with E-state index in [1.165, 1.54) is 0 Å². The molecule has 2 aliphatic rings. The van der Waals surface area contributed by atoms with Gasteiger partial charge < -0.3 is 10.6 Å². The minimum Gasteiger partial charge on any atom is -0.370 e. The van der Waals surface area contributed by atoms with Crippen molar-refractivity contribution >= 4 is 5.96 Å². The normalized spacial score (nSPS) is 33.6. The van der Waals surface area contributed by atoms with Crippen LogP contribution in [0.3, 0.4) is 0 Å². The van der Waals surface area contributed by atoms with Crippen molar-refractivity contribution in [2.24, 2.45) is 16.6 Å². The van der Waals surface area contributed by atoms with Crippen LogP contribution < -0.4 is 5.73 Å². The number of hydrogen-bond donors (Lipinski definition) is 1. The second-order valence-electron chi connectivity index (χ2n) is 5.84. The van der Waals surface area contributed by atoms with E-state index < -0.39 is 12.1 Å². The summed E-state index contributed by atoms with van der Waals surface area (Å²) in [5.74, 6) is -0.654. The molecule has 6 heteroatoms. The molecule has 3 nitrogen and oxygen atoms in total. The molecule has 1 spiro atoms. The van der Waals surface area contributed by atoms with Crippen LogP contribution in [0.1, 0.15) is 46.0 Å². The number of nitrogens with two attached hydrogens (primary N) is 1. The summed E-state index contributed by atoms with van der Waals surface area (Å²) in [6.07, 6.45) is -1.69. The van der Waals surface area contributed by atoms with Crippen LogP contribution in [0.5, 0.6) is 0 Å². The number of rotatable bonds is 2. The Morgan fingerprint density at radius 1 is 1.42 bits per heavy atom. The third-order valence-corrected chi connectivity index (χ3v) is 4.70. The second-order valence-corrected chi connectivity index (χ2v) is 5.84. The molecule has 0 aromatic heterocycles. The fourth-order valence-corrected chi connectivity index (χ4v) is 3.38. The molecule has 1 unspecified atom stereocenters. The lowest BCUT2D eigenvalue weighted by Gasteiger charge is -2.47. The molecule has 1 heterocycles. The number of hydrogen-bond acceptors (Lipinski definition) is 3. The van der Waals surface area contributed by atoms with Crippen molar-refractivity contribution in [2.45, 2.75) is 63.7 Å². The van der Waals surface area contributed by atoms with E-state index in [9.17, 15) is 13.2 Å². The molecule has 110 valence electrons. The maximum atomic E-state index is 12.7. The van der Waals surface area contributed by atoms with Gasteiger partial charge in [-0.25, -0.2) is 0 Å². The van der Waals surface area contributed by atoms with Crippen LogP contribution in [0, 0.1) is 5.92 Å². The third-order valence-electron chi connectivity index (χ3n) is 4.70. The van der Waals surface area contributed by atoms with E-state index in [0.29, 0.717) is 25.3 Å². The van der Waals surface area contributed by atoms with Gasteiger partial charge in [0.25, 0.3) is 0 Å². The van der Waals surface area contributed by atoms with Gasteiger partial charge in [0.2, 0.25) is 0 Å². The summed E-state index contributed by atoms with van der Waals surface area (Å²) in [5, 5.41) is 0. The lowest BCUT2D eigenvalue weighted by Crippen LogP contribution is -2.57. The van der Waals surface area contributed by atoms with Gasteiger partial charge in [0.05, 0.1) is 18.0 Å². The number of alkyl halides is 3. The highest BCUT2D eigenvalue weighted by Gasteiger charge is 2.50. The summed E-state index contributed by atoms with van der Waals surface area (Å²) < 4.78 is 38.2. The predicted molar refractivity (Wildman–Crippen MR) is 68.8 cm³/mol. The topological polar surface area (TPSA) is 41.6 Å². The minimum atomic E-state index is -4.06. The number of nitrogens with zero attached hydrogens (tertiary/aromatic N) is 2. The number of halogens is 3. The number of guanidine groups is 1. The lowest BCUT2D eigenvalue weighted by atomic mass is 9.75. The molecule has 2 rings (SSSR count). The summed E-state index contributed by atoms with van der Waals surface area (Å²) in [4.78, 5) is 6.36. The van der Waals surface area contributed by atoms with E-state index in [4.69, 9.17) is 5.73 Å². The SMILES string of the molecule is CCC(C)N1C(N)=NCC12CCC(C(F)(F)F)CC2. The Hall–Kier alpha value is -0.940. The molecule has 19 heavy (non-hydrogen) atoms. The summed E-state index contributed by atoms with van der Waals surface area (Å²) in [6, 6.07) is 0.230. The molecule has 1 atom stereocenters. The Bertz CT molecular complexity index is 357. The van der Waals surface area contributed by atoms with Crippen LogP contribution in [-0.4, -0.2) is 35.2 Å². The highest BCUT2D eigenvalue weighted by molar-refractivity contribution is 5.81. The molecular weight excluding hydrogens is 255 g/mol. The van der Waals surface area contributed by atoms with E-state index in [0.717, 1.165) is 6.42 Å². The Labute approximate surface area is 112 Å². The molecule has 2 N–H and O–H groups in total. The van der Waals surface area contributed by atoms with Crippen molar-refractivity contribution in [3.8, 4) is 0 Å². The fraction of sp³-hybridized carbons (Fsp3) is 0.923. The van der Waals surface area contributed by atoms with E-state index in [1.807, 2.05) is 0 Å². The molecule has 1 saturated carbocycles. The van der Waals surface area contributed by atoms with Crippen molar-refractivity contribution < 1.29 is 13.2 Å². The lowest BCUT2D eigenvalue weighted by molar-refractivity contribution is -0.187. The molecule has 0 bridgehead atoms. The summed E-state index contributed by atoms with van der Waals surface area (Å²) in [5.41, 5.74) is 5.67. The number of aliphatic imine (C=N–C) groups is 1. The van der Waals surface area contributed by atoms with Crippen LogP contribution in [-0.2, 0) is 0 Å². The van der Waals surface area contributed by atoms with Crippen molar-refractivity contribution in [3.63, 3.8) is 0 Å².